The van der Waals surface area contributed by atoms with Gasteiger partial charge in [0.15, 0.2) is 0 Å². The minimum atomic E-state index is -0.304. The monoisotopic (exact) mass is 371 g/mol. The van der Waals surface area contributed by atoms with Gasteiger partial charge in [0, 0.05) is 19.2 Å². The van der Waals surface area contributed by atoms with Crippen molar-refractivity contribution in [3.63, 3.8) is 0 Å². The molecular weight excluding hydrogens is 357 g/mol. The Morgan fingerprint density at radius 1 is 1.42 bits per heavy atom. The van der Waals surface area contributed by atoms with Crippen LogP contribution in [0.2, 0.25) is 0 Å². The SMILES string of the molecule is C#CCOc1cc(OC(=O)N2CCCC2)ccc1I. The first kappa shape index (κ1) is 14.0. The molecule has 0 unspecified atom stereocenters. The fourth-order valence-electron chi connectivity index (χ4n) is 1.84. The van der Waals surface area contributed by atoms with Crippen molar-refractivity contribution in [2.45, 2.75) is 12.8 Å². The third kappa shape index (κ3) is 3.77. The van der Waals surface area contributed by atoms with Crippen LogP contribution in [0.5, 0.6) is 11.5 Å². The van der Waals surface area contributed by atoms with Gasteiger partial charge in [-0.2, -0.15) is 0 Å². The summed E-state index contributed by atoms with van der Waals surface area (Å²) in [5.41, 5.74) is 0. The van der Waals surface area contributed by atoms with Crippen molar-refractivity contribution in [1.29, 1.82) is 0 Å². The highest BCUT2D eigenvalue weighted by Crippen LogP contribution is 2.26. The molecule has 0 aromatic heterocycles. The van der Waals surface area contributed by atoms with Crippen LogP contribution in [0.15, 0.2) is 18.2 Å². The number of nitrogens with zero attached hydrogens (tertiary/aromatic N) is 1. The maximum atomic E-state index is 11.9. The number of carbonyl (C=O) groups excluding carboxylic acids is 1. The number of amides is 1. The molecule has 0 radical (unpaired) electrons. The van der Waals surface area contributed by atoms with Crippen LogP contribution in [0.25, 0.3) is 0 Å². The Bertz CT molecular complexity index is 504. The number of rotatable bonds is 3. The molecule has 0 bridgehead atoms. The topological polar surface area (TPSA) is 38.8 Å². The molecule has 0 N–H and O–H groups in total. The van der Waals surface area contributed by atoms with Crippen LogP contribution in [0.4, 0.5) is 4.79 Å². The Balaban J connectivity index is 2.03. The molecule has 4 nitrogen and oxygen atoms in total. The number of halogens is 1. The normalized spacial score (nSPS) is 14.0. The zero-order chi connectivity index (χ0) is 13.7. The molecule has 0 spiro atoms. The van der Waals surface area contributed by atoms with Gasteiger partial charge in [-0.15, -0.1) is 6.42 Å². The van der Waals surface area contributed by atoms with E-state index in [9.17, 15) is 4.79 Å². The van der Waals surface area contributed by atoms with Crippen LogP contribution in [0.1, 0.15) is 12.8 Å². The Labute approximate surface area is 126 Å². The highest BCUT2D eigenvalue weighted by atomic mass is 127. The van der Waals surface area contributed by atoms with E-state index in [0.29, 0.717) is 11.5 Å². The van der Waals surface area contributed by atoms with E-state index in [2.05, 4.69) is 28.5 Å². The molecule has 0 saturated carbocycles. The van der Waals surface area contributed by atoms with E-state index in [0.717, 1.165) is 29.5 Å². The molecule has 1 amide bonds. The zero-order valence-electron chi connectivity index (χ0n) is 10.4. The summed E-state index contributed by atoms with van der Waals surface area (Å²) >= 11 is 2.14. The van der Waals surface area contributed by atoms with E-state index in [1.165, 1.54) is 0 Å². The lowest BCUT2D eigenvalue weighted by Crippen LogP contribution is -2.30. The van der Waals surface area contributed by atoms with Crippen LogP contribution < -0.4 is 9.47 Å². The molecule has 1 fully saturated rings. The molecule has 1 saturated heterocycles. The fraction of sp³-hybridized carbons (Fsp3) is 0.357. The predicted octanol–water partition coefficient (Wildman–Crippen LogP) is 2.90. The Morgan fingerprint density at radius 2 is 2.16 bits per heavy atom. The molecule has 1 aliphatic rings. The minimum Gasteiger partial charge on any atom is -0.480 e. The van der Waals surface area contributed by atoms with Gasteiger partial charge in [0.25, 0.3) is 0 Å². The van der Waals surface area contributed by atoms with Crippen LogP contribution in [0.3, 0.4) is 0 Å². The Morgan fingerprint density at radius 3 is 2.84 bits per heavy atom. The van der Waals surface area contributed by atoms with Crippen molar-refractivity contribution in [3.8, 4) is 23.8 Å². The van der Waals surface area contributed by atoms with Crippen molar-refractivity contribution in [3.05, 3.63) is 21.8 Å². The van der Waals surface area contributed by atoms with Crippen LogP contribution in [-0.2, 0) is 0 Å². The zero-order valence-corrected chi connectivity index (χ0v) is 12.6. The minimum absolute atomic E-state index is 0.194. The first-order chi connectivity index (χ1) is 9.20. The third-order valence-corrected chi connectivity index (χ3v) is 3.67. The maximum Gasteiger partial charge on any atom is 0.415 e. The molecule has 19 heavy (non-hydrogen) atoms. The van der Waals surface area contributed by atoms with Crippen molar-refractivity contribution < 1.29 is 14.3 Å². The van der Waals surface area contributed by atoms with Gasteiger partial charge >= 0.3 is 6.09 Å². The van der Waals surface area contributed by atoms with E-state index in [1.807, 2.05) is 6.07 Å². The molecule has 1 aliphatic heterocycles. The maximum absolute atomic E-state index is 11.9. The van der Waals surface area contributed by atoms with Crippen molar-refractivity contribution >= 4 is 28.7 Å². The molecule has 0 aliphatic carbocycles. The molecule has 1 aromatic carbocycles. The van der Waals surface area contributed by atoms with Gasteiger partial charge in [-0.05, 0) is 47.6 Å². The second-order valence-electron chi connectivity index (χ2n) is 4.15. The van der Waals surface area contributed by atoms with E-state index in [-0.39, 0.29) is 12.7 Å². The van der Waals surface area contributed by atoms with E-state index in [4.69, 9.17) is 15.9 Å². The third-order valence-electron chi connectivity index (χ3n) is 2.78. The number of hydrogen-bond donors (Lipinski definition) is 0. The number of carbonyl (C=O) groups is 1. The summed E-state index contributed by atoms with van der Waals surface area (Å²) in [6.07, 6.45) is 6.93. The highest BCUT2D eigenvalue weighted by molar-refractivity contribution is 14.1. The summed E-state index contributed by atoms with van der Waals surface area (Å²) in [6, 6.07) is 5.27. The van der Waals surface area contributed by atoms with E-state index < -0.39 is 0 Å². The van der Waals surface area contributed by atoms with Gasteiger partial charge in [0.2, 0.25) is 0 Å². The van der Waals surface area contributed by atoms with Gasteiger partial charge in [-0.25, -0.2) is 4.79 Å². The predicted molar refractivity (Wildman–Crippen MR) is 80.3 cm³/mol. The van der Waals surface area contributed by atoms with Crippen LogP contribution >= 0.6 is 22.6 Å². The highest BCUT2D eigenvalue weighted by Gasteiger charge is 2.20. The molecule has 2 rings (SSSR count). The van der Waals surface area contributed by atoms with Gasteiger partial charge in [-0.1, -0.05) is 5.92 Å². The van der Waals surface area contributed by atoms with Crippen LogP contribution in [0, 0.1) is 15.9 Å². The first-order valence-electron chi connectivity index (χ1n) is 6.03. The number of likely N-dealkylation sites (tertiary alicyclic amines) is 1. The van der Waals surface area contributed by atoms with Crippen molar-refractivity contribution in [2.24, 2.45) is 0 Å². The van der Waals surface area contributed by atoms with Gasteiger partial charge in [0.05, 0.1) is 3.57 Å². The molecule has 1 aromatic rings. The lowest BCUT2D eigenvalue weighted by atomic mass is 10.3. The van der Waals surface area contributed by atoms with Gasteiger partial charge in [-0.3, -0.25) is 0 Å². The second-order valence-corrected chi connectivity index (χ2v) is 5.31. The summed E-state index contributed by atoms with van der Waals surface area (Å²) in [7, 11) is 0. The Hall–Kier alpha value is -1.42. The largest absolute Gasteiger partial charge is 0.480 e. The second kappa shape index (κ2) is 6.66. The molecule has 1 heterocycles. The molecule has 100 valence electrons. The summed E-state index contributed by atoms with van der Waals surface area (Å²) in [6.45, 7) is 1.73. The number of hydrogen-bond acceptors (Lipinski definition) is 3. The molecule has 5 heteroatoms. The van der Waals surface area contributed by atoms with Crippen molar-refractivity contribution in [1.82, 2.24) is 4.90 Å². The molecular formula is C14H14INO3. The number of ether oxygens (including phenoxy) is 2. The van der Waals surface area contributed by atoms with E-state index >= 15 is 0 Å². The average molecular weight is 371 g/mol. The van der Waals surface area contributed by atoms with Crippen molar-refractivity contribution in [2.75, 3.05) is 19.7 Å². The summed E-state index contributed by atoms with van der Waals surface area (Å²) in [5.74, 6) is 3.51. The summed E-state index contributed by atoms with van der Waals surface area (Å²) in [5, 5.41) is 0. The van der Waals surface area contributed by atoms with Crippen LogP contribution in [-0.4, -0.2) is 30.7 Å². The number of terminal acetylenes is 1. The lowest BCUT2D eigenvalue weighted by Gasteiger charge is -2.15. The first-order valence-corrected chi connectivity index (χ1v) is 7.11. The summed E-state index contributed by atoms with van der Waals surface area (Å²) < 4.78 is 11.6. The quantitative estimate of drug-likeness (QED) is 0.606. The lowest BCUT2D eigenvalue weighted by molar-refractivity contribution is 0.162. The standard InChI is InChI=1S/C14H14INO3/c1-2-9-18-13-10-11(5-6-12(13)15)19-14(17)16-7-3-4-8-16/h1,5-6,10H,3-4,7-9H2. The Kier molecular flexibility index (Phi) is 4.91. The fourth-order valence-corrected chi connectivity index (χ4v) is 2.33. The average Bonchev–Trinajstić information content (AvgIpc) is 2.93. The number of benzene rings is 1. The smallest absolute Gasteiger partial charge is 0.415 e. The molecule has 0 atom stereocenters. The van der Waals surface area contributed by atoms with Gasteiger partial charge < -0.3 is 14.4 Å². The summed E-state index contributed by atoms with van der Waals surface area (Å²) in [4.78, 5) is 13.6. The van der Waals surface area contributed by atoms with E-state index in [1.54, 1.807) is 17.0 Å². The van der Waals surface area contributed by atoms with Gasteiger partial charge in [0.1, 0.15) is 18.1 Å².